The molecule has 0 aliphatic heterocycles. The van der Waals surface area contributed by atoms with Crippen molar-refractivity contribution >= 4 is 23.1 Å². The van der Waals surface area contributed by atoms with Crippen molar-refractivity contribution in [3.63, 3.8) is 0 Å². The van der Waals surface area contributed by atoms with E-state index in [-0.39, 0.29) is 44.1 Å². The number of rotatable bonds is 9. The van der Waals surface area contributed by atoms with Gasteiger partial charge in [-0.1, -0.05) is 13.8 Å². The van der Waals surface area contributed by atoms with E-state index in [9.17, 15) is 9.59 Å². The molecule has 11 heteroatoms. The van der Waals surface area contributed by atoms with E-state index in [4.69, 9.17) is 20.3 Å². The molecule has 0 aliphatic rings. The standard InChI is InChI=1S/C14H22N6O5/c1-8(2)9(15)13(23)25-4-3-24-7-20-5-16-10-11(20)18-14(17-6-21)19-12(10)22/h5,8-9,21H,3-4,6-7,15H2,1-2H3,(H2,17,18,19,22)/t9-/m1/s1. The molecule has 0 spiro atoms. The zero-order chi connectivity index (χ0) is 18.4. The minimum absolute atomic E-state index is 0.00313. The van der Waals surface area contributed by atoms with Gasteiger partial charge in [0.05, 0.1) is 12.9 Å². The van der Waals surface area contributed by atoms with Crippen LogP contribution in [-0.2, 0) is 21.0 Å². The smallest absolute Gasteiger partial charge is 0.323 e. The molecule has 0 amide bonds. The van der Waals surface area contributed by atoms with E-state index in [1.165, 1.54) is 10.9 Å². The van der Waals surface area contributed by atoms with Crippen LogP contribution in [-0.4, -0.2) is 56.6 Å². The Labute approximate surface area is 143 Å². The van der Waals surface area contributed by atoms with Crippen LogP contribution in [0.15, 0.2) is 11.1 Å². The molecule has 0 aliphatic carbocycles. The molecule has 0 saturated heterocycles. The number of imidazole rings is 1. The molecule has 2 rings (SSSR count). The highest BCUT2D eigenvalue weighted by molar-refractivity contribution is 5.75. The van der Waals surface area contributed by atoms with E-state index >= 15 is 0 Å². The molecule has 0 bridgehead atoms. The van der Waals surface area contributed by atoms with Gasteiger partial charge in [0.25, 0.3) is 5.56 Å². The Morgan fingerprint density at radius 2 is 2.24 bits per heavy atom. The highest BCUT2D eigenvalue weighted by atomic mass is 16.6. The summed E-state index contributed by atoms with van der Waals surface area (Å²) >= 11 is 0. The van der Waals surface area contributed by atoms with Gasteiger partial charge in [-0.2, -0.15) is 4.98 Å². The molecule has 0 unspecified atom stereocenters. The molecule has 0 fully saturated rings. The Hall–Kier alpha value is -2.50. The monoisotopic (exact) mass is 354 g/mol. The second-order valence-corrected chi connectivity index (χ2v) is 5.61. The minimum Gasteiger partial charge on any atom is -0.462 e. The summed E-state index contributed by atoms with van der Waals surface area (Å²) in [5.74, 6) is -0.352. The fourth-order valence-corrected chi connectivity index (χ4v) is 1.94. The molecule has 5 N–H and O–H groups in total. The Morgan fingerprint density at radius 3 is 2.92 bits per heavy atom. The van der Waals surface area contributed by atoms with E-state index in [0.717, 1.165) is 0 Å². The minimum atomic E-state index is -0.661. The third kappa shape index (κ3) is 4.75. The number of nitrogens with zero attached hydrogens (tertiary/aromatic N) is 3. The molecular weight excluding hydrogens is 332 g/mol. The lowest BCUT2D eigenvalue weighted by Gasteiger charge is -2.14. The SMILES string of the molecule is CC(C)[C@@H](N)C(=O)OCCOCn1cnc2c(=O)[nH]c(NCO)nc21. The van der Waals surface area contributed by atoms with E-state index < -0.39 is 17.6 Å². The van der Waals surface area contributed by atoms with Crippen molar-refractivity contribution in [2.75, 3.05) is 25.3 Å². The summed E-state index contributed by atoms with van der Waals surface area (Å²) in [6.45, 7) is 3.59. The summed E-state index contributed by atoms with van der Waals surface area (Å²) in [7, 11) is 0. The number of ether oxygens (including phenoxy) is 2. The highest BCUT2D eigenvalue weighted by Gasteiger charge is 2.18. The first kappa shape index (κ1) is 18.8. The molecule has 0 radical (unpaired) electrons. The molecule has 2 heterocycles. The van der Waals surface area contributed by atoms with Crippen LogP contribution in [0.5, 0.6) is 0 Å². The molecular formula is C14H22N6O5. The maximum absolute atomic E-state index is 11.9. The van der Waals surface area contributed by atoms with Gasteiger partial charge >= 0.3 is 5.97 Å². The third-order valence-electron chi connectivity index (χ3n) is 3.41. The van der Waals surface area contributed by atoms with Crippen LogP contribution in [0.3, 0.4) is 0 Å². The number of hydrogen-bond acceptors (Lipinski definition) is 9. The summed E-state index contributed by atoms with van der Waals surface area (Å²) in [6, 6.07) is -0.661. The van der Waals surface area contributed by atoms with E-state index in [1.807, 2.05) is 13.8 Å². The number of carbonyl (C=O) groups excluding carboxylic acids is 1. The van der Waals surface area contributed by atoms with E-state index in [1.54, 1.807) is 0 Å². The van der Waals surface area contributed by atoms with Gasteiger partial charge in [0.2, 0.25) is 5.95 Å². The number of nitrogens with one attached hydrogen (secondary N) is 2. The van der Waals surface area contributed by atoms with Crippen LogP contribution < -0.4 is 16.6 Å². The average molecular weight is 354 g/mol. The maximum atomic E-state index is 11.9. The van der Waals surface area contributed by atoms with Crippen LogP contribution in [0, 0.1) is 5.92 Å². The number of aliphatic hydroxyl groups is 1. The number of aromatic amines is 1. The molecule has 2 aromatic heterocycles. The lowest BCUT2D eigenvalue weighted by Crippen LogP contribution is -2.37. The van der Waals surface area contributed by atoms with E-state index in [2.05, 4.69) is 20.3 Å². The molecule has 2 aromatic rings. The van der Waals surface area contributed by atoms with Gasteiger partial charge in [-0.3, -0.25) is 19.1 Å². The first-order valence-corrected chi connectivity index (χ1v) is 7.74. The van der Waals surface area contributed by atoms with Gasteiger partial charge in [0.15, 0.2) is 11.2 Å². The predicted molar refractivity (Wildman–Crippen MR) is 88.6 cm³/mol. The van der Waals surface area contributed by atoms with Crippen molar-refractivity contribution in [3.8, 4) is 0 Å². The van der Waals surface area contributed by atoms with Gasteiger partial charge in [-0.15, -0.1) is 0 Å². The fraction of sp³-hybridized carbons (Fsp3) is 0.571. The zero-order valence-electron chi connectivity index (χ0n) is 14.1. The number of aliphatic hydroxyl groups excluding tert-OH is 1. The summed E-state index contributed by atoms with van der Waals surface area (Å²) in [5, 5.41) is 11.4. The van der Waals surface area contributed by atoms with Gasteiger partial charge in [0, 0.05) is 0 Å². The summed E-state index contributed by atoms with van der Waals surface area (Å²) in [4.78, 5) is 34.0. The molecule has 0 aromatic carbocycles. The molecule has 0 saturated carbocycles. The number of esters is 1. The Kier molecular flexibility index (Phi) is 6.44. The van der Waals surface area contributed by atoms with Crippen LogP contribution in [0.4, 0.5) is 5.95 Å². The molecule has 1 atom stereocenters. The topological polar surface area (TPSA) is 157 Å². The zero-order valence-corrected chi connectivity index (χ0v) is 14.1. The van der Waals surface area contributed by atoms with Gasteiger partial charge in [-0.25, -0.2) is 4.98 Å². The molecule has 138 valence electrons. The first-order chi connectivity index (χ1) is 11.9. The van der Waals surface area contributed by atoms with Crippen molar-refractivity contribution in [1.29, 1.82) is 0 Å². The van der Waals surface area contributed by atoms with Crippen molar-refractivity contribution in [2.45, 2.75) is 26.6 Å². The Morgan fingerprint density at radius 1 is 1.48 bits per heavy atom. The number of anilines is 1. The van der Waals surface area contributed by atoms with E-state index in [0.29, 0.717) is 5.65 Å². The third-order valence-corrected chi connectivity index (χ3v) is 3.41. The molecule has 11 nitrogen and oxygen atoms in total. The predicted octanol–water partition coefficient (Wildman–Crippen LogP) is -1.02. The number of aromatic nitrogens is 4. The average Bonchev–Trinajstić information content (AvgIpc) is 2.97. The second-order valence-electron chi connectivity index (χ2n) is 5.61. The quantitative estimate of drug-likeness (QED) is 0.251. The normalized spacial score (nSPS) is 12.5. The van der Waals surface area contributed by atoms with Gasteiger partial charge < -0.3 is 25.6 Å². The van der Waals surface area contributed by atoms with Crippen molar-refractivity contribution in [3.05, 3.63) is 16.7 Å². The highest BCUT2D eigenvalue weighted by Crippen LogP contribution is 2.08. The van der Waals surface area contributed by atoms with Crippen LogP contribution in [0.25, 0.3) is 11.2 Å². The maximum Gasteiger partial charge on any atom is 0.323 e. The number of nitrogens with two attached hydrogens (primary N) is 1. The summed E-state index contributed by atoms with van der Waals surface area (Å²) in [6.07, 6.45) is 1.41. The summed E-state index contributed by atoms with van der Waals surface area (Å²) in [5.41, 5.74) is 5.70. The second kappa shape index (κ2) is 8.55. The lowest BCUT2D eigenvalue weighted by atomic mass is 10.1. The Bertz CT molecular complexity index is 771. The van der Waals surface area contributed by atoms with Crippen LogP contribution in [0.1, 0.15) is 13.8 Å². The van der Waals surface area contributed by atoms with Crippen LogP contribution in [0.2, 0.25) is 0 Å². The number of H-pyrrole nitrogens is 1. The fourth-order valence-electron chi connectivity index (χ4n) is 1.94. The van der Waals surface area contributed by atoms with Crippen molar-refractivity contribution in [1.82, 2.24) is 19.5 Å². The van der Waals surface area contributed by atoms with Gasteiger partial charge in [0.1, 0.15) is 26.1 Å². The van der Waals surface area contributed by atoms with Crippen molar-refractivity contribution < 1.29 is 19.4 Å². The number of fused-ring (bicyclic) bond motifs is 1. The number of carbonyl (C=O) groups is 1. The first-order valence-electron chi connectivity index (χ1n) is 7.74. The largest absolute Gasteiger partial charge is 0.462 e. The number of hydrogen-bond donors (Lipinski definition) is 4. The van der Waals surface area contributed by atoms with Gasteiger partial charge in [-0.05, 0) is 5.92 Å². The lowest BCUT2D eigenvalue weighted by molar-refractivity contribution is -0.148. The van der Waals surface area contributed by atoms with Crippen LogP contribution >= 0.6 is 0 Å². The molecule has 25 heavy (non-hydrogen) atoms. The van der Waals surface area contributed by atoms with Crippen molar-refractivity contribution in [2.24, 2.45) is 11.7 Å². The summed E-state index contributed by atoms with van der Waals surface area (Å²) < 4.78 is 11.9. The Balaban J connectivity index is 1.89.